The second kappa shape index (κ2) is 10.2. The van der Waals surface area contributed by atoms with E-state index in [9.17, 15) is 4.79 Å². The van der Waals surface area contributed by atoms with Gasteiger partial charge in [0.25, 0.3) is 0 Å². The molecule has 1 fully saturated rings. The van der Waals surface area contributed by atoms with E-state index in [1.165, 1.54) is 35.1 Å². The summed E-state index contributed by atoms with van der Waals surface area (Å²) in [6.45, 7) is 8.12. The van der Waals surface area contributed by atoms with Gasteiger partial charge in [-0.2, -0.15) is 0 Å². The molecule has 0 bridgehead atoms. The van der Waals surface area contributed by atoms with Crippen LogP contribution in [0.5, 0.6) is 0 Å². The number of aryl methyl sites for hydroxylation is 2. The summed E-state index contributed by atoms with van der Waals surface area (Å²) in [6.07, 6.45) is 8.07. The molecule has 1 spiro atoms. The summed E-state index contributed by atoms with van der Waals surface area (Å²) >= 11 is 0. The maximum atomic E-state index is 13.3. The zero-order chi connectivity index (χ0) is 24.3. The van der Waals surface area contributed by atoms with E-state index < -0.39 is 0 Å². The Labute approximate surface area is 209 Å². The number of hydrogen-bond donors (Lipinski definition) is 1. The van der Waals surface area contributed by atoms with Crippen molar-refractivity contribution >= 4 is 12.0 Å². The van der Waals surface area contributed by atoms with Crippen LogP contribution in [0.4, 0.5) is 0 Å². The predicted molar refractivity (Wildman–Crippen MR) is 145 cm³/mol. The van der Waals surface area contributed by atoms with Gasteiger partial charge in [0.05, 0.1) is 5.92 Å². The smallest absolute Gasteiger partial charge is 0.232 e. The quantitative estimate of drug-likeness (QED) is 0.435. The highest BCUT2D eigenvalue weighted by Crippen LogP contribution is 2.43. The van der Waals surface area contributed by atoms with E-state index in [1.807, 2.05) is 0 Å². The minimum Gasteiger partial charge on any atom is -0.355 e. The summed E-state index contributed by atoms with van der Waals surface area (Å²) in [5.41, 5.74) is 7.63. The highest BCUT2D eigenvalue weighted by atomic mass is 16.1. The first-order chi connectivity index (χ1) is 17.0. The molecule has 3 nitrogen and oxygen atoms in total. The van der Waals surface area contributed by atoms with E-state index in [4.69, 9.17) is 0 Å². The van der Waals surface area contributed by atoms with E-state index >= 15 is 0 Å². The number of carbonyl (C=O) groups excluding carboxylic acids is 1. The Balaban J connectivity index is 1.14. The van der Waals surface area contributed by atoms with Crippen LogP contribution in [0.25, 0.3) is 6.08 Å². The minimum atomic E-state index is -0.278. The Morgan fingerprint density at radius 2 is 1.49 bits per heavy atom. The summed E-state index contributed by atoms with van der Waals surface area (Å²) in [6, 6.07) is 25.5. The Morgan fingerprint density at radius 1 is 0.886 bits per heavy atom. The molecular formula is C32H36N2O. The highest BCUT2D eigenvalue weighted by Gasteiger charge is 2.37. The standard InChI is InChI=1S/C32H36N2O/c1-24-8-12-27(13-9-24)30(28-14-10-25(2)11-15-28)31(35)33-20-5-21-34-22-18-32(19-23-34)17-16-26-6-3-4-7-29(26)32/h3-4,6-17,30H,5,18-23H2,1-2H3,(H,33,35). The number of allylic oxidation sites excluding steroid dienone is 1. The lowest BCUT2D eigenvalue weighted by Crippen LogP contribution is -2.42. The molecule has 180 valence electrons. The fourth-order valence-electron chi connectivity index (χ4n) is 5.68. The minimum absolute atomic E-state index is 0.0861. The molecule has 0 saturated carbocycles. The van der Waals surface area contributed by atoms with Crippen LogP contribution in [0.15, 0.2) is 78.9 Å². The summed E-state index contributed by atoms with van der Waals surface area (Å²) in [4.78, 5) is 15.9. The second-order valence-corrected chi connectivity index (χ2v) is 10.3. The van der Waals surface area contributed by atoms with Gasteiger partial charge in [-0.1, -0.05) is 96.1 Å². The number of nitrogens with zero attached hydrogens (tertiary/aromatic N) is 1. The zero-order valence-corrected chi connectivity index (χ0v) is 21.0. The monoisotopic (exact) mass is 464 g/mol. The van der Waals surface area contributed by atoms with Gasteiger partial charge in [-0.05, 0) is 75.0 Å². The molecule has 0 atom stereocenters. The number of nitrogens with one attached hydrogen (secondary N) is 1. The average Bonchev–Trinajstić information content (AvgIpc) is 3.24. The van der Waals surface area contributed by atoms with Gasteiger partial charge < -0.3 is 10.2 Å². The Hall–Kier alpha value is -3.17. The van der Waals surface area contributed by atoms with Crippen LogP contribution in [0, 0.1) is 13.8 Å². The van der Waals surface area contributed by atoms with Crippen molar-refractivity contribution in [2.75, 3.05) is 26.2 Å². The fraction of sp³-hybridized carbons (Fsp3) is 0.344. The second-order valence-electron chi connectivity index (χ2n) is 10.3. The summed E-state index contributed by atoms with van der Waals surface area (Å²) in [7, 11) is 0. The van der Waals surface area contributed by atoms with Crippen LogP contribution in [0.1, 0.15) is 58.6 Å². The molecule has 3 aromatic rings. The molecule has 3 heteroatoms. The fourth-order valence-corrected chi connectivity index (χ4v) is 5.68. The van der Waals surface area contributed by atoms with Crippen LogP contribution in [0.2, 0.25) is 0 Å². The maximum absolute atomic E-state index is 13.3. The molecule has 5 rings (SSSR count). The molecule has 1 heterocycles. The van der Waals surface area contributed by atoms with Crippen LogP contribution in [0.3, 0.4) is 0 Å². The van der Waals surface area contributed by atoms with E-state index in [2.05, 4.69) is 109 Å². The van der Waals surface area contributed by atoms with Crippen molar-refractivity contribution in [3.63, 3.8) is 0 Å². The lowest BCUT2D eigenvalue weighted by atomic mass is 9.74. The SMILES string of the molecule is Cc1ccc(C(C(=O)NCCCN2CCC3(C=Cc4ccccc43)CC2)c2ccc(C)cc2)cc1. The van der Waals surface area contributed by atoms with Gasteiger partial charge >= 0.3 is 0 Å². The van der Waals surface area contributed by atoms with Crippen molar-refractivity contribution in [1.29, 1.82) is 0 Å². The van der Waals surface area contributed by atoms with Gasteiger partial charge in [0.2, 0.25) is 5.91 Å². The normalized spacial score (nSPS) is 16.5. The first-order valence-electron chi connectivity index (χ1n) is 13.0. The van der Waals surface area contributed by atoms with Gasteiger partial charge in [-0.3, -0.25) is 4.79 Å². The number of likely N-dealkylation sites (tertiary alicyclic amines) is 1. The number of fused-ring (bicyclic) bond motifs is 2. The Kier molecular flexibility index (Phi) is 6.88. The summed E-state index contributed by atoms with van der Waals surface area (Å²) in [5, 5.41) is 3.23. The lowest BCUT2D eigenvalue weighted by molar-refractivity contribution is -0.121. The van der Waals surface area contributed by atoms with Crippen molar-refractivity contribution < 1.29 is 4.79 Å². The van der Waals surface area contributed by atoms with Gasteiger partial charge in [-0.25, -0.2) is 0 Å². The number of benzene rings is 3. The molecule has 1 amide bonds. The molecule has 35 heavy (non-hydrogen) atoms. The van der Waals surface area contributed by atoms with E-state index in [1.54, 1.807) is 0 Å². The third-order valence-corrected chi connectivity index (χ3v) is 7.86. The van der Waals surface area contributed by atoms with Crippen LogP contribution in [-0.2, 0) is 10.2 Å². The molecule has 1 N–H and O–H groups in total. The molecule has 1 aliphatic heterocycles. The highest BCUT2D eigenvalue weighted by molar-refractivity contribution is 5.87. The van der Waals surface area contributed by atoms with E-state index in [-0.39, 0.29) is 17.2 Å². The average molecular weight is 465 g/mol. The van der Waals surface area contributed by atoms with Crippen LogP contribution >= 0.6 is 0 Å². The van der Waals surface area contributed by atoms with Gasteiger partial charge in [0, 0.05) is 12.0 Å². The zero-order valence-electron chi connectivity index (χ0n) is 21.0. The molecule has 1 aliphatic carbocycles. The lowest BCUT2D eigenvalue weighted by Gasteiger charge is -2.39. The number of piperidine rings is 1. The van der Waals surface area contributed by atoms with Gasteiger partial charge in [-0.15, -0.1) is 0 Å². The summed E-state index contributed by atoms with van der Waals surface area (Å²) in [5.74, 6) is -0.191. The van der Waals surface area contributed by atoms with Crippen molar-refractivity contribution in [2.45, 2.75) is 44.4 Å². The molecule has 0 unspecified atom stereocenters. The van der Waals surface area contributed by atoms with Crippen LogP contribution in [-0.4, -0.2) is 37.0 Å². The van der Waals surface area contributed by atoms with Gasteiger partial charge in [0.1, 0.15) is 0 Å². The van der Waals surface area contributed by atoms with E-state index in [0.717, 1.165) is 37.2 Å². The van der Waals surface area contributed by atoms with Crippen molar-refractivity contribution in [3.05, 3.63) is 112 Å². The third-order valence-electron chi connectivity index (χ3n) is 7.86. The van der Waals surface area contributed by atoms with E-state index in [0.29, 0.717) is 6.54 Å². The Bertz CT molecular complexity index is 1140. The number of rotatable bonds is 7. The first kappa shape index (κ1) is 23.6. The molecule has 0 radical (unpaired) electrons. The first-order valence-corrected chi connectivity index (χ1v) is 13.0. The molecule has 3 aromatic carbocycles. The molecular weight excluding hydrogens is 428 g/mol. The molecule has 0 aromatic heterocycles. The maximum Gasteiger partial charge on any atom is 0.232 e. The third kappa shape index (κ3) is 5.11. The van der Waals surface area contributed by atoms with Crippen LogP contribution < -0.4 is 5.32 Å². The number of amides is 1. The number of carbonyl (C=O) groups is 1. The topological polar surface area (TPSA) is 32.3 Å². The van der Waals surface area contributed by atoms with Crippen molar-refractivity contribution in [1.82, 2.24) is 10.2 Å². The van der Waals surface area contributed by atoms with Gasteiger partial charge in [0.15, 0.2) is 0 Å². The van der Waals surface area contributed by atoms with Crippen molar-refractivity contribution in [2.24, 2.45) is 0 Å². The Morgan fingerprint density at radius 3 is 2.11 bits per heavy atom. The molecule has 2 aliphatic rings. The predicted octanol–water partition coefficient (Wildman–Crippen LogP) is 6.00. The molecule has 1 saturated heterocycles. The largest absolute Gasteiger partial charge is 0.355 e. The van der Waals surface area contributed by atoms with Crippen molar-refractivity contribution in [3.8, 4) is 0 Å². The summed E-state index contributed by atoms with van der Waals surface area (Å²) < 4.78 is 0. The number of hydrogen-bond acceptors (Lipinski definition) is 2.